The van der Waals surface area contributed by atoms with Crippen LogP contribution in [-0.4, -0.2) is 35.7 Å². The fourth-order valence-corrected chi connectivity index (χ4v) is 3.12. The molecule has 6 heteroatoms. The number of likely N-dealkylation sites (tertiary alicyclic amines) is 1. The lowest BCUT2D eigenvalue weighted by molar-refractivity contribution is -0.135. The van der Waals surface area contributed by atoms with Gasteiger partial charge in [-0.15, -0.1) is 0 Å². The number of anilines is 2. The molecule has 0 aromatic heterocycles. The van der Waals surface area contributed by atoms with Gasteiger partial charge in [0.05, 0.1) is 0 Å². The van der Waals surface area contributed by atoms with E-state index in [0.717, 1.165) is 12.8 Å². The number of piperidine rings is 1. The molecule has 2 fully saturated rings. The molecule has 1 saturated carbocycles. The summed E-state index contributed by atoms with van der Waals surface area (Å²) < 4.78 is 0. The summed E-state index contributed by atoms with van der Waals surface area (Å²) in [4.78, 5) is 38.1. The Morgan fingerprint density at radius 1 is 0.885 bits per heavy atom. The monoisotopic (exact) mass is 357 g/mol. The third kappa shape index (κ3) is 4.62. The number of amides is 3. The maximum absolute atomic E-state index is 12.5. The van der Waals surface area contributed by atoms with E-state index < -0.39 is 0 Å². The normalized spacial score (nSPS) is 17.9. The molecule has 1 aromatic carbocycles. The van der Waals surface area contributed by atoms with Gasteiger partial charge >= 0.3 is 0 Å². The van der Waals surface area contributed by atoms with Gasteiger partial charge in [0.1, 0.15) is 0 Å². The first-order valence-electron chi connectivity index (χ1n) is 9.44. The highest BCUT2D eigenvalue weighted by molar-refractivity contribution is 5.94. The summed E-state index contributed by atoms with van der Waals surface area (Å²) in [5, 5.41) is 5.76. The zero-order valence-corrected chi connectivity index (χ0v) is 15.5. The van der Waals surface area contributed by atoms with E-state index >= 15 is 0 Å². The summed E-state index contributed by atoms with van der Waals surface area (Å²) in [6.45, 7) is 5.03. The Labute approximate surface area is 154 Å². The van der Waals surface area contributed by atoms with Gasteiger partial charge in [-0.1, -0.05) is 13.8 Å². The van der Waals surface area contributed by atoms with Crippen molar-refractivity contribution < 1.29 is 14.4 Å². The average molecular weight is 357 g/mol. The number of carbonyl (C=O) groups is 3. The predicted octanol–water partition coefficient (Wildman–Crippen LogP) is 2.87. The van der Waals surface area contributed by atoms with E-state index in [0.29, 0.717) is 37.3 Å². The number of nitrogens with one attached hydrogen (secondary N) is 2. The van der Waals surface area contributed by atoms with E-state index in [1.807, 2.05) is 18.7 Å². The van der Waals surface area contributed by atoms with Crippen molar-refractivity contribution in [3.05, 3.63) is 24.3 Å². The van der Waals surface area contributed by atoms with Crippen molar-refractivity contribution in [3.63, 3.8) is 0 Å². The summed E-state index contributed by atoms with van der Waals surface area (Å²) in [6.07, 6.45) is 3.47. The quantitative estimate of drug-likeness (QED) is 0.850. The molecule has 0 atom stereocenters. The Bertz CT molecular complexity index is 672. The predicted molar refractivity (Wildman–Crippen MR) is 101 cm³/mol. The van der Waals surface area contributed by atoms with Crippen LogP contribution >= 0.6 is 0 Å². The number of rotatable bonds is 5. The lowest BCUT2D eigenvalue weighted by atomic mass is 9.95. The van der Waals surface area contributed by atoms with Gasteiger partial charge in [-0.2, -0.15) is 0 Å². The lowest BCUT2D eigenvalue weighted by Gasteiger charge is -2.31. The Morgan fingerprint density at radius 3 is 1.92 bits per heavy atom. The van der Waals surface area contributed by atoms with Gasteiger partial charge in [-0.3, -0.25) is 14.4 Å². The first-order valence-corrected chi connectivity index (χ1v) is 9.44. The van der Waals surface area contributed by atoms with Crippen molar-refractivity contribution in [2.45, 2.75) is 39.5 Å². The molecule has 3 rings (SSSR count). The molecular weight excluding hydrogens is 330 g/mol. The van der Waals surface area contributed by atoms with Crippen LogP contribution in [0.15, 0.2) is 24.3 Å². The zero-order valence-electron chi connectivity index (χ0n) is 15.5. The molecule has 6 nitrogen and oxygen atoms in total. The van der Waals surface area contributed by atoms with Gasteiger partial charge in [0, 0.05) is 42.2 Å². The number of hydrogen-bond donors (Lipinski definition) is 2. The molecule has 0 bridgehead atoms. The van der Waals surface area contributed by atoms with Crippen molar-refractivity contribution in [1.82, 2.24) is 4.90 Å². The summed E-state index contributed by atoms with van der Waals surface area (Å²) in [6, 6.07) is 7.15. The van der Waals surface area contributed by atoms with E-state index in [1.165, 1.54) is 0 Å². The molecule has 1 heterocycles. The highest BCUT2D eigenvalue weighted by atomic mass is 16.2. The van der Waals surface area contributed by atoms with Gasteiger partial charge in [0.25, 0.3) is 0 Å². The molecule has 1 aliphatic heterocycles. The molecule has 140 valence electrons. The standard InChI is InChI=1S/C20H27N3O3/c1-13(2)18(24)21-16-5-7-17(8-6-16)22-19(25)14-9-11-23(12-10-14)20(26)15-3-4-15/h5-8,13-15H,3-4,9-12H2,1-2H3,(H,21,24)(H,22,25). The molecule has 0 spiro atoms. The van der Waals surface area contributed by atoms with Crippen molar-refractivity contribution in [2.75, 3.05) is 23.7 Å². The smallest absolute Gasteiger partial charge is 0.227 e. The molecule has 2 aliphatic rings. The number of nitrogens with zero attached hydrogens (tertiary/aromatic N) is 1. The van der Waals surface area contributed by atoms with Crippen LogP contribution in [0.25, 0.3) is 0 Å². The summed E-state index contributed by atoms with van der Waals surface area (Å²) >= 11 is 0. The van der Waals surface area contributed by atoms with Gasteiger partial charge in [0.15, 0.2) is 0 Å². The number of benzene rings is 1. The molecule has 1 aromatic rings. The van der Waals surface area contributed by atoms with Crippen LogP contribution < -0.4 is 10.6 Å². The Hall–Kier alpha value is -2.37. The van der Waals surface area contributed by atoms with E-state index in [1.54, 1.807) is 24.3 Å². The maximum Gasteiger partial charge on any atom is 0.227 e. The minimum Gasteiger partial charge on any atom is -0.342 e. The highest BCUT2D eigenvalue weighted by Crippen LogP contribution is 2.32. The van der Waals surface area contributed by atoms with Crippen molar-refractivity contribution in [1.29, 1.82) is 0 Å². The van der Waals surface area contributed by atoms with Crippen LogP contribution in [-0.2, 0) is 14.4 Å². The molecule has 0 unspecified atom stereocenters. The zero-order chi connectivity index (χ0) is 18.7. The first-order chi connectivity index (χ1) is 12.4. The Kier molecular flexibility index (Phi) is 5.59. The van der Waals surface area contributed by atoms with E-state index in [4.69, 9.17) is 0 Å². The number of hydrogen-bond acceptors (Lipinski definition) is 3. The highest BCUT2D eigenvalue weighted by Gasteiger charge is 2.35. The fraction of sp³-hybridized carbons (Fsp3) is 0.550. The molecule has 1 saturated heterocycles. The van der Waals surface area contributed by atoms with Crippen molar-refractivity contribution in [2.24, 2.45) is 17.8 Å². The summed E-state index contributed by atoms with van der Waals surface area (Å²) in [5.74, 6) is 0.348. The average Bonchev–Trinajstić information content (AvgIpc) is 3.48. The Balaban J connectivity index is 1.47. The second kappa shape index (κ2) is 7.89. The van der Waals surface area contributed by atoms with E-state index in [2.05, 4.69) is 10.6 Å². The minimum absolute atomic E-state index is 0.00230. The first kappa shape index (κ1) is 18.4. The largest absolute Gasteiger partial charge is 0.342 e. The molecule has 0 radical (unpaired) electrons. The van der Waals surface area contributed by atoms with Crippen LogP contribution in [0.2, 0.25) is 0 Å². The van der Waals surface area contributed by atoms with Gasteiger partial charge in [-0.05, 0) is 49.9 Å². The summed E-state index contributed by atoms with van der Waals surface area (Å²) in [7, 11) is 0. The van der Waals surface area contributed by atoms with Crippen LogP contribution in [0.1, 0.15) is 39.5 Å². The van der Waals surface area contributed by atoms with Crippen LogP contribution in [0, 0.1) is 17.8 Å². The third-order valence-electron chi connectivity index (χ3n) is 5.05. The van der Waals surface area contributed by atoms with Gasteiger partial charge < -0.3 is 15.5 Å². The van der Waals surface area contributed by atoms with Crippen LogP contribution in [0.4, 0.5) is 11.4 Å². The molecular formula is C20H27N3O3. The second-order valence-corrected chi connectivity index (χ2v) is 7.58. The van der Waals surface area contributed by atoms with E-state index in [9.17, 15) is 14.4 Å². The van der Waals surface area contributed by atoms with Crippen molar-refractivity contribution >= 4 is 29.1 Å². The molecule has 26 heavy (non-hydrogen) atoms. The number of carbonyl (C=O) groups excluding carboxylic acids is 3. The molecule has 2 N–H and O–H groups in total. The topological polar surface area (TPSA) is 78.5 Å². The minimum atomic E-state index is -0.0768. The molecule has 1 aliphatic carbocycles. The van der Waals surface area contributed by atoms with Crippen LogP contribution in [0.3, 0.4) is 0 Å². The fourth-order valence-electron chi connectivity index (χ4n) is 3.12. The Morgan fingerprint density at radius 2 is 1.42 bits per heavy atom. The third-order valence-corrected chi connectivity index (χ3v) is 5.05. The maximum atomic E-state index is 12.5. The van der Waals surface area contributed by atoms with Gasteiger partial charge in [-0.25, -0.2) is 0 Å². The van der Waals surface area contributed by atoms with Crippen LogP contribution in [0.5, 0.6) is 0 Å². The van der Waals surface area contributed by atoms with Crippen molar-refractivity contribution in [3.8, 4) is 0 Å². The molecule has 3 amide bonds. The van der Waals surface area contributed by atoms with Gasteiger partial charge in [0.2, 0.25) is 17.7 Å². The van der Waals surface area contributed by atoms with E-state index in [-0.39, 0.29) is 35.5 Å². The second-order valence-electron chi connectivity index (χ2n) is 7.58. The lowest BCUT2D eigenvalue weighted by Crippen LogP contribution is -2.42. The SMILES string of the molecule is CC(C)C(=O)Nc1ccc(NC(=O)C2CCN(C(=O)C3CC3)CC2)cc1. The summed E-state index contributed by atoms with van der Waals surface area (Å²) in [5.41, 5.74) is 1.43.